The van der Waals surface area contributed by atoms with Gasteiger partial charge in [-0.15, -0.1) is 0 Å². The molecule has 1 aliphatic rings. The molecule has 0 amide bonds. The Morgan fingerprint density at radius 3 is 2.21 bits per heavy atom. The van der Waals surface area contributed by atoms with E-state index in [1.165, 1.54) is 24.3 Å². The van der Waals surface area contributed by atoms with Crippen LogP contribution in [0.5, 0.6) is 0 Å². The quantitative estimate of drug-likeness (QED) is 0.778. The van der Waals surface area contributed by atoms with Crippen LogP contribution in [0.2, 0.25) is 0 Å². The minimum absolute atomic E-state index is 0.117. The first-order valence-corrected chi connectivity index (χ1v) is 7.16. The molecule has 1 aromatic carbocycles. The van der Waals surface area contributed by atoms with E-state index in [0.29, 0.717) is 16.9 Å². The van der Waals surface area contributed by atoms with Crippen molar-refractivity contribution in [2.75, 3.05) is 0 Å². The van der Waals surface area contributed by atoms with Crippen molar-refractivity contribution in [3.8, 4) is 0 Å². The highest BCUT2D eigenvalue weighted by atomic mass is 32.2. The highest BCUT2D eigenvalue weighted by Gasteiger charge is 2.18. The van der Waals surface area contributed by atoms with Gasteiger partial charge in [0.2, 0.25) is 0 Å². The van der Waals surface area contributed by atoms with E-state index >= 15 is 0 Å². The first kappa shape index (κ1) is 13.4. The van der Waals surface area contributed by atoms with Crippen LogP contribution in [0.15, 0.2) is 62.9 Å². The lowest BCUT2D eigenvalue weighted by molar-refractivity contribution is -0.111. The maximum Gasteiger partial charge on any atom is 0.282 e. The Balaban J connectivity index is 2.49. The van der Waals surface area contributed by atoms with Crippen molar-refractivity contribution in [1.82, 2.24) is 0 Å². The summed E-state index contributed by atoms with van der Waals surface area (Å²) in [5.74, 6) is -0.117. The molecule has 1 aromatic rings. The van der Waals surface area contributed by atoms with Gasteiger partial charge in [-0.05, 0) is 43.7 Å². The molecule has 0 heterocycles. The number of hydrogen-bond donors (Lipinski definition) is 0. The summed E-state index contributed by atoms with van der Waals surface area (Å²) in [6.45, 7) is 3.35. The van der Waals surface area contributed by atoms with Crippen LogP contribution in [0.3, 0.4) is 0 Å². The molecule has 0 aliphatic heterocycles. The van der Waals surface area contributed by atoms with Crippen LogP contribution in [0.1, 0.15) is 13.8 Å². The molecule has 5 heteroatoms. The number of carbonyl (C=O) groups excluding carboxylic acids is 1. The SMILES string of the molecule is CC1=C(C)C(=NS(=O)(=O)c2ccccc2)C=CC1=O. The van der Waals surface area contributed by atoms with Crippen LogP contribution in [-0.4, -0.2) is 19.9 Å². The Bertz CT molecular complexity index is 710. The molecule has 19 heavy (non-hydrogen) atoms. The first-order chi connectivity index (χ1) is 8.92. The van der Waals surface area contributed by atoms with Crippen LogP contribution in [-0.2, 0) is 14.8 Å². The summed E-state index contributed by atoms with van der Waals surface area (Å²) >= 11 is 0. The molecule has 0 fully saturated rings. The molecule has 0 spiro atoms. The average Bonchev–Trinajstić information content (AvgIpc) is 2.40. The van der Waals surface area contributed by atoms with E-state index in [1.54, 1.807) is 32.0 Å². The van der Waals surface area contributed by atoms with E-state index < -0.39 is 10.0 Å². The smallest absolute Gasteiger partial charge is 0.282 e. The van der Waals surface area contributed by atoms with Gasteiger partial charge >= 0.3 is 0 Å². The predicted molar refractivity (Wildman–Crippen MR) is 73.6 cm³/mol. The molecule has 0 N–H and O–H groups in total. The van der Waals surface area contributed by atoms with Gasteiger partial charge in [0, 0.05) is 5.57 Å². The van der Waals surface area contributed by atoms with Crippen molar-refractivity contribution in [3.05, 3.63) is 53.6 Å². The zero-order chi connectivity index (χ0) is 14.0. The van der Waals surface area contributed by atoms with Crippen LogP contribution in [0.25, 0.3) is 0 Å². The van der Waals surface area contributed by atoms with E-state index in [4.69, 9.17) is 0 Å². The van der Waals surface area contributed by atoms with Gasteiger partial charge in [0.25, 0.3) is 10.0 Å². The Labute approximate surface area is 112 Å². The molecule has 2 rings (SSSR count). The molecule has 4 nitrogen and oxygen atoms in total. The maximum absolute atomic E-state index is 12.1. The largest absolute Gasteiger partial charge is 0.290 e. The molecule has 0 saturated carbocycles. The van der Waals surface area contributed by atoms with Gasteiger partial charge in [0.05, 0.1) is 10.6 Å². The molecule has 98 valence electrons. The fourth-order valence-electron chi connectivity index (χ4n) is 1.66. The van der Waals surface area contributed by atoms with E-state index in [2.05, 4.69) is 4.40 Å². The third-order valence-electron chi connectivity index (χ3n) is 2.97. The summed E-state index contributed by atoms with van der Waals surface area (Å²) in [7, 11) is -3.74. The molecule has 0 aromatic heterocycles. The van der Waals surface area contributed by atoms with Crippen molar-refractivity contribution in [2.24, 2.45) is 4.40 Å². The number of rotatable bonds is 2. The molecule has 0 bridgehead atoms. The van der Waals surface area contributed by atoms with Crippen LogP contribution in [0, 0.1) is 0 Å². The Morgan fingerprint density at radius 1 is 0.947 bits per heavy atom. The van der Waals surface area contributed by atoms with E-state index in [1.807, 2.05) is 0 Å². The van der Waals surface area contributed by atoms with Crippen molar-refractivity contribution >= 4 is 21.5 Å². The summed E-state index contributed by atoms with van der Waals surface area (Å²) in [5.41, 5.74) is 1.41. The lowest BCUT2D eigenvalue weighted by Gasteiger charge is -2.10. The number of allylic oxidation sites excluding steroid dienone is 4. The number of nitrogens with zero attached hydrogens (tertiary/aromatic N) is 1. The number of hydrogen-bond acceptors (Lipinski definition) is 3. The minimum atomic E-state index is -3.74. The second-order valence-corrected chi connectivity index (χ2v) is 5.82. The van der Waals surface area contributed by atoms with Gasteiger partial charge in [0.15, 0.2) is 5.78 Å². The normalized spacial score (nSPS) is 18.2. The third-order valence-corrected chi connectivity index (χ3v) is 4.27. The average molecular weight is 275 g/mol. The van der Waals surface area contributed by atoms with Crippen LogP contribution >= 0.6 is 0 Å². The fraction of sp³-hybridized carbons (Fsp3) is 0.143. The summed E-state index contributed by atoms with van der Waals surface area (Å²) in [5, 5.41) is 0. The van der Waals surface area contributed by atoms with Gasteiger partial charge in [-0.1, -0.05) is 18.2 Å². The lowest BCUT2D eigenvalue weighted by atomic mass is 9.97. The number of benzene rings is 1. The Morgan fingerprint density at radius 2 is 1.58 bits per heavy atom. The highest BCUT2D eigenvalue weighted by Crippen LogP contribution is 2.18. The van der Waals surface area contributed by atoms with Crippen LogP contribution in [0.4, 0.5) is 0 Å². The maximum atomic E-state index is 12.1. The molecule has 0 saturated heterocycles. The van der Waals surface area contributed by atoms with Crippen molar-refractivity contribution < 1.29 is 13.2 Å². The Hall–Kier alpha value is -2.01. The van der Waals surface area contributed by atoms with Crippen molar-refractivity contribution in [1.29, 1.82) is 0 Å². The zero-order valence-electron chi connectivity index (χ0n) is 10.6. The van der Waals surface area contributed by atoms with Gasteiger partial charge in [-0.3, -0.25) is 4.79 Å². The number of carbonyl (C=O) groups is 1. The Kier molecular flexibility index (Phi) is 3.48. The number of sulfonamides is 1. The topological polar surface area (TPSA) is 63.6 Å². The molecule has 0 unspecified atom stereocenters. The monoisotopic (exact) mass is 275 g/mol. The van der Waals surface area contributed by atoms with E-state index in [-0.39, 0.29) is 10.7 Å². The first-order valence-electron chi connectivity index (χ1n) is 5.72. The molecule has 0 radical (unpaired) electrons. The van der Waals surface area contributed by atoms with E-state index in [0.717, 1.165) is 0 Å². The van der Waals surface area contributed by atoms with Gasteiger partial charge < -0.3 is 0 Å². The second-order valence-electron chi connectivity index (χ2n) is 4.21. The van der Waals surface area contributed by atoms with Crippen molar-refractivity contribution in [2.45, 2.75) is 18.7 Å². The second kappa shape index (κ2) is 4.93. The van der Waals surface area contributed by atoms with Crippen LogP contribution < -0.4 is 0 Å². The zero-order valence-corrected chi connectivity index (χ0v) is 11.4. The third kappa shape index (κ3) is 2.71. The van der Waals surface area contributed by atoms with Gasteiger partial charge in [0.1, 0.15) is 0 Å². The standard InChI is InChI=1S/C14H13NO3S/c1-10-11(2)14(16)9-8-13(10)15-19(17,18)12-6-4-3-5-7-12/h3-9H,1-2H3. The van der Waals surface area contributed by atoms with Gasteiger partial charge in [-0.2, -0.15) is 12.8 Å². The van der Waals surface area contributed by atoms with Crippen molar-refractivity contribution in [3.63, 3.8) is 0 Å². The summed E-state index contributed by atoms with van der Waals surface area (Å²) < 4.78 is 28.0. The van der Waals surface area contributed by atoms with E-state index in [9.17, 15) is 13.2 Å². The predicted octanol–water partition coefficient (Wildman–Crippen LogP) is 2.29. The fourth-order valence-corrected chi connectivity index (χ4v) is 2.72. The highest BCUT2D eigenvalue weighted by molar-refractivity contribution is 7.90. The molecule has 0 atom stereocenters. The summed E-state index contributed by atoms with van der Waals surface area (Å²) in [6, 6.07) is 8.00. The molecular weight excluding hydrogens is 262 g/mol. The molecule has 1 aliphatic carbocycles. The minimum Gasteiger partial charge on any atom is -0.290 e. The lowest BCUT2D eigenvalue weighted by Crippen LogP contribution is -2.13. The van der Waals surface area contributed by atoms with Gasteiger partial charge in [-0.25, -0.2) is 0 Å². The molecular formula is C14H13NO3S. The summed E-state index contributed by atoms with van der Waals surface area (Å²) in [4.78, 5) is 11.6. The summed E-state index contributed by atoms with van der Waals surface area (Å²) in [6.07, 6.45) is 2.77. The number of ketones is 1.